The Balaban J connectivity index is 1.98. The van der Waals surface area contributed by atoms with Crippen LogP contribution in [0.4, 0.5) is 9.93 Å². The quantitative estimate of drug-likeness (QED) is 0.847. The molecule has 0 saturated heterocycles. The molecule has 3 rings (SSSR count). The number of carbonyl (C=O) groups excluding carboxylic acids is 2. The van der Waals surface area contributed by atoms with Crippen LogP contribution in [0.2, 0.25) is 0 Å². The zero-order chi connectivity index (χ0) is 16.4. The zero-order valence-corrected chi connectivity index (χ0v) is 14.7. The van der Waals surface area contributed by atoms with Crippen LogP contribution in [0.25, 0.3) is 0 Å². The molecule has 1 aromatic carbocycles. The second-order valence-corrected chi connectivity index (χ2v) is 6.80. The van der Waals surface area contributed by atoms with Crippen LogP contribution in [0.3, 0.4) is 0 Å². The topological polar surface area (TPSA) is 71.5 Å². The van der Waals surface area contributed by atoms with Gasteiger partial charge in [-0.1, -0.05) is 22.0 Å². The minimum Gasteiger partial charge on any atom is -0.453 e. The number of ether oxygens (including phenoxy) is 1. The fraction of sp³-hybridized carbons (Fsp3) is 0.267. The molecule has 2 amide bonds. The van der Waals surface area contributed by atoms with Crippen molar-refractivity contribution in [2.45, 2.75) is 12.5 Å². The van der Waals surface area contributed by atoms with Crippen LogP contribution in [0, 0.1) is 0 Å². The van der Waals surface area contributed by atoms with E-state index in [2.05, 4.69) is 26.2 Å². The number of nitrogens with zero attached hydrogens (tertiary/aromatic N) is 2. The first kappa shape index (κ1) is 15.9. The summed E-state index contributed by atoms with van der Waals surface area (Å²) in [5.41, 5.74) is 1.85. The number of carbonyl (C=O) groups is 2. The number of hydrogen-bond donors (Lipinski definition) is 1. The molecule has 0 radical (unpaired) electrons. The van der Waals surface area contributed by atoms with Crippen LogP contribution >= 0.6 is 27.3 Å². The van der Waals surface area contributed by atoms with Gasteiger partial charge in [0.05, 0.1) is 7.11 Å². The normalized spacial score (nSPS) is 16.6. The Bertz CT molecular complexity index is 736. The first-order chi connectivity index (χ1) is 11.1. The lowest BCUT2D eigenvalue weighted by Gasteiger charge is -2.35. The first-order valence-corrected chi connectivity index (χ1v) is 8.60. The number of thiazole rings is 1. The molecule has 23 heavy (non-hydrogen) atoms. The second-order valence-electron chi connectivity index (χ2n) is 4.99. The van der Waals surface area contributed by atoms with Gasteiger partial charge in [0.25, 0.3) is 5.91 Å². The summed E-state index contributed by atoms with van der Waals surface area (Å²) < 4.78 is 5.69. The Kier molecular flexibility index (Phi) is 4.63. The standard InChI is InChI=1S/C15H14BrN3O3S/c1-22-15(21)19-6-4-9-2-3-10(16)8-11(9)12(19)13(20)18-14-17-5-7-23-14/h2-3,5,7-8,12H,4,6H2,1H3,(H,17,18,20). The zero-order valence-electron chi connectivity index (χ0n) is 12.3. The smallest absolute Gasteiger partial charge is 0.410 e. The van der Waals surface area contributed by atoms with Gasteiger partial charge < -0.3 is 4.74 Å². The van der Waals surface area contributed by atoms with E-state index in [0.717, 1.165) is 15.6 Å². The van der Waals surface area contributed by atoms with E-state index in [0.29, 0.717) is 18.1 Å². The number of fused-ring (bicyclic) bond motifs is 1. The highest BCUT2D eigenvalue weighted by atomic mass is 79.9. The summed E-state index contributed by atoms with van der Waals surface area (Å²) >= 11 is 4.75. The van der Waals surface area contributed by atoms with Gasteiger partial charge in [0.15, 0.2) is 5.13 Å². The molecule has 120 valence electrons. The van der Waals surface area contributed by atoms with Crippen molar-refractivity contribution in [2.75, 3.05) is 19.0 Å². The SMILES string of the molecule is COC(=O)N1CCc2ccc(Br)cc2C1C(=O)Nc1nccs1. The van der Waals surface area contributed by atoms with Crippen LogP contribution in [0.15, 0.2) is 34.2 Å². The Morgan fingerprint density at radius 1 is 1.48 bits per heavy atom. The molecule has 0 aliphatic carbocycles. The van der Waals surface area contributed by atoms with E-state index in [1.807, 2.05) is 18.2 Å². The molecule has 0 spiro atoms. The van der Waals surface area contributed by atoms with Gasteiger partial charge in [0.1, 0.15) is 6.04 Å². The van der Waals surface area contributed by atoms with Crippen molar-refractivity contribution in [3.05, 3.63) is 45.4 Å². The molecule has 0 bridgehead atoms. The predicted octanol–water partition coefficient (Wildman–Crippen LogP) is 3.21. The van der Waals surface area contributed by atoms with Crippen molar-refractivity contribution < 1.29 is 14.3 Å². The van der Waals surface area contributed by atoms with E-state index in [1.54, 1.807) is 11.6 Å². The number of halogens is 1. The summed E-state index contributed by atoms with van der Waals surface area (Å²) in [6, 6.07) is 5.03. The maximum absolute atomic E-state index is 12.8. The van der Waals surface area contributed by atoms with Crippen LogP contribution in [0.1, 0.15) is 17.2 Å². The number of methoxy groups -OCH3 is 1. The van der Waals surface area contributed by atoms with Gasteiger partial charge in [-0.05, 0) is 29.7 Å². The third-order valence-electron chi connectivity index (χ3n) is 3.66. The molecule has 1 atom stereocenters. The van der Waals surface area contributed by atoms with E-state index in [4.69, 9.17) is 4.74 Å². The Morgan fingerprint density at radius 3 is 3.00 bits per heavy atom. The van der Waals surface area contributed by atoms with Crippen LogP contribution in [-0.2, 0) is 16.0 Å². The van der Waals surface area contributed by atoms with Crippen molar-refractivity contribution in [3.8, 4) is 0 Å². The lowest BCUT2D eigenvalue weighted by Crippen LogP contribution is -2.45. The summed E-state index contributed by atoms with van der Waals surface area (Å²) in [7, 11) is 1.31. The molecule has 6 nitrogen and oxygen atoms in total. The predicted molar refractivity (Wildman–Crippen MR) is 90.4 cm³/mol. The van der Waals surface area contributed by atoms with Gasteiger partial charge in [-0.2, -0.15) is 0 Å². The van der Waals surface area contributed by atoms with E-state index in [9.17, 15) is 9.59 Å². The number of benzene rings is 1. The van der Waals surface area contributed by atoms with E-state index in [1.165, 1.54) is 23.3 Å². The highest BCUT2D eigenvalue weighted by Crippen LogP contribution is 2.33. The van der Waals surface area contributed by atoms with Gasteiger partial charge in [0, 0.05) is 22.6 Å². The number of hydrogen-bond acceptors (Lipinski definition) is 5. The Hall–Kier alpha value is -1.93. The second kappa shape index (κ2) is 6.67. The molecule has 1 aliphatic heterocycles. The maximum atomic E-state index is 12.8. The van der Waals surface area contributed by atoms with Crippen LogP contribution in [-0.4, -0.2) is 35.5 Å². The highest BCUT2D eigenvalue weighted by molar-refractivity contribution is 9.10. The van der Waals surface area contributed by atoms with Gasteiger partial charge in [0.2, 0.25) is 0 Å². The highest BCUT2D eigenvalue weighted by Gasteiger charge is 2.37. The average Bonchev–Trinajstić information content (AvgIpc) is 3.05. The number of anilines is 1. The molecule has 1 aromatic heterocycles. The molecule has 2 aromatic rings. The lowest BCUT2D eigenvalue weighted by atomic mass is 9.92. The molecule has 8 heteroatoms. The van der Waals surface area contributed by atoms with Gasteiger partial charge in [-0.15, -0.1) is 11.3 Å². The lowest BCUT2D eigenvalue weighted by molar-refractivity contribution is -0.121. The third kappa shape index (κ3) is 3.23. The minimum atomic E-state index is -0.743. The summed E-state index contributed by atoms with van der Waals surface area (Å²) in [6.07, 6.45) is 1.78. The van der Waals surface area contributed by atoms with E-state index >= 15 is 0 Å². The van der Waals surface area contributed by atoms with Crippen LogP contribution in [0.5, 0.6) is 0 Å². The van der Waals surface area contributed by atoms with Crippen LogP contribution < -0.4 is 5.32 Å². The molecular formula is C15H14BrN3O3S. The fourth-order valence-electron chi connectivity index (χ4n) is 2.64. The fourth-order valence-corrected chi connectivity index (χ4v) is 3.55. The molecule has 1 aliphatic rings. The van der Waals surface area contributed by atoms with E-state index < -0.39 is 12.1 Å². The monoisotopic (exact) mass is 395 g/mol. The summed E-state index contributed by atoms with van der Waals surface area (Å²) in [4.78, 5) is 30.3. The average molecular weight is 396 g/mol. The van der Waals surface area contributed by atoms with Gasteiger partial charge >= 0.3 is 6.09 Å². The molecule has 1 N–H and O–H groups in total. The molecule has 2 heterocycles. The largest absolute Gasteiger partial charge is 0.453 e. The first-order valence-electron chi connectivity index (χ1n) is 6.93. The van der Waals surface area contributed by atoms with Gasteiger partial charge in [-0.3, -0.25) is 15.0 Å². The maximum Gasteiger partial charge on any atom is 0.410 e. The van der Waals surface area contributed by atoms with Crippen molar-refractivity contribution in [2.24, 2.45) is 0 Å². The van der Waals surface area contributed by atoms with Crippen molar-refractivity contribution >= 4 is 44.4 Å². The number of nitrogens with one attached hydrogen (secondary N) is 1. The van der Waals surface area contributed by atoms with Crippen molar-refractivity contribution in [3.63, 3.8) is 0 Å². The summed E-state index contributed by atoms with van der Waals surface area (Å²) in [5.74, 6) is -0.301. The third-order valence-corrected chi connectivity index (χ3v) is 4.84. The molecule has 1 unspecified atom stereocenters. The van der Waals surface area contributed by atoms with Gasteiger partial charge in [-0.25, -0.2) is 9.78 Å². The molecule has 0 saturated carbocycles. The number of amides is 2. The Morgan fingerprint density at radius 2 is 2.30 bits per heavy atom. The minimum absolute atomic E-state index is 0.301. The van der Waals surface area contributed by atoms with Crippen molar-refractivity contribution in [1.29, 1.82) is 0 Å². The molecular weight excluding hydrogens is 382 g/mol. The van der Waals surface area contributed by atoms with E-state index in [-0.39, 0.29) is 5.91 Å². The molecule has 0 fully saturated rings. The van der Waals surface area contributed by atoms with Crippen molar-refractivity contribution in [1.82, 2.24) is 9.88 Å². The number of aromatic nitrogens is 1. The number of rotatable bonds is 2. The Labute approximate surface area is 145 Å². The summed E-state index contributed by atoms with van der Waals surface area (Å²) in [5, 5.41) is 5.04. The summed E-state index contributed by atoms with van der Waals surface area (Å²) in [6.45, 7) is 0.428.